The molecule has 0 aliphatic heterocycles. The highest BCUT2D eigenvalue weighted by atomic mass is 32.2. The molecule has 8 heteroatoms. The molecule has 0 bridgehead atoms. The van der Waals surface area contributed by atoms with Crippen LogP contribution in [0.1, 0.15) is 55.8 Å². The normalized spacial score (nSPS) is 15.2. The van der Waals surface area contributed by atoms with Gasteiger partial charge in [0.15, 0.2) is 0 Å². The Bertz CT molecular complexity index is 1290. The molecule has 1 aliphatic rings. The van der Waals surface area contributed by atoms with Gasteiger partial charge in [-0.25, -0.2) is 8.42 Å². The summed E-state index contributed by atoms with van der Waals surface area (Å²) in [6.07, 6.45) is 7.69. The maximum Gasteiger partial charge on any atom is 0.264 e. The number of nitrogens with zero attached hydrogens (tertiary/aromatic N) is 1. The Kier molecular flexibility index (Phi) is 6.83. The maximum atomic E-state index is 13.4. The first-order chi connectivity index (χ1) is 15.9. The quantitative estimate of drug-likeness (QED) is 0.531. The Labute approximate surface area is 193 Å². The molecule has 1 amide bonds. The molecule has 2 N–H and O–H groups in total. The number of pyridine rings is 1. The van der Waals surface area contributed by atoms with Crippen LogP contribution in [0.15, 0.2) is 64.4 Å². The van der Waals surface area contributed by atoms with E-state index in [-0.39, 0.29) is 28.4 Å². The number of fused-ring (bicyclic) bond motifs is 1. The number of aromatic nitrogens is 1. The number of aromatic amines is 1. The number of para-hydroxylation sites is 1. The van der Waals surface area contributed by atoms with Crippen LogP contribution >= 0.6 is 0 Å². The number of carbonyl (C=O) groups excluding carboxylic acids is 1. The van der Waals surface area contributed by atoms with Crippen LogP contribution in [0.5, 0.6) is 0 Å². The van der Waals surface area contributed by atoms with Crippen LogP contribution in [0, 0.1) is 0 Å². The average molecular weight is 468 g/mol. The number of hydrogen-bond acceptors (Lipinski definition) is 4. The molecule has 1 aliphatic carbocycles. The number of anilines is 1. The number of benzene rings is 2. The van der Waals surface area contributed by atoms with E-state index in [1.165, 1.54) is 22.6 Å². The lowest BCUT2D eigenvalue weighted by atomic mass is 10.1. The lowest BCUT2D eigenvalue weighted by molar-refractivity contribution is 0.0932. The predicted molar refractivity (Wildman–Crippen MR) is 130 cm³/mol. The van der Waals surface area contributed by atoms with E-state index >= 15 is 0 Å². The van der Waals surface area contributed by atoms with Crippen molar-refractivity contribution in [3.63, 3.8) is 0 Å². The first-order valence-corrected chi connectivity index (χ1v) is 12.9. The number of sulfonamides is 1. The second-order valence-corrected chi connectivity index (χ2v) is 10.3. The molecule has 1 fully saturated rings. The molecule has 7 nitrogen and oxygen atoms in total. The molecular weight excluding hydrogens is 438 g/mol. The second kappa shape index (κ2) is 9.79. The zero-order chi connectivity index (χ0) is 23.4. The van der Waals surface area contributed by atoms with Gasteiger partial charge in [0, 0.05) is 29.7 Å². The molecule has 0 radical (unpaired) electrons. The van der Waals surface area contributed by atoms with E-state index in [0.29, 0.717) is 11.2 Å². The predicted octanol–water partition coefficient (Wildman–Crippen LogP) is 4.20. The van der Waals surface area contributed by atoms with Crippen LogP contribution in [0.25, 0.3) is 10.9 Å². The van der Waals surface area contributed by atoms with E-state index in [1.54, 1.807) is 37.3 Å². The van der Waals surface area contributed by atoms with Crippen molar-refractivity contribution in [2.45, 2.75) is 56.4 Å². The van der Waals surface area contributed by atoms with Crippen LogP contribution in [0.4, 0.5) is 5.69 Å². The van der Waals surface area contributed by atoms with Gasteiger partial charge in [0.05, 0.1) is 10.6 Å². The van der Waals surface area contributed by atoms with Crippen molar-refractivity contribution in [3.05, 3.63) is 70.5 Å². The number of H-pyrrole nitrogens is 1. The third-order valence-corrected chi connectivity index (χ3v) is 8.11. The van der Waals surface area contributed by atoms with Crippen molar-refractivity contribution in [1.82, 2.24) is 10.3 Å². The summed E-state index contributed by atoms with van der Waals surface area (Å²) in [4.78, 5) is 29.0. The molecule has 0 spiro atoms. The van der Waals surface area contributed by atoms with Gasteiger partial charge >= 0.3 is 0 Å². The third-order valence-electron chi connectivity index (χ3n) is 6.21. The van der Waals surface area contributed by atoms with Crippen molar-refractivity contribution in [3.8, 4) is 0 Å². The lowest BCUT2D eigenvalue weighted by Gasteiger charge is -2.23. The van der Waals surface area contributed by atoms with Crippen molar-refractivity contribution < 1.29 is 13.2 Å². The molecule has 0 unspecified atom stereocenters. The molecule has 33 heavy (non-hydrogen) atoms. The van der Waals surface area contributed by atoms with Gasteiger partial charge in [-0.15, -0.1) is 0 Å². The topological polar surface area (TPSA) is 99.3 Å². The minimum absolute atomic E-state index is 0.00305. The van der Waals surface area contributed by atoms with E-state index in [0.717, 1.165) is 38.5 Å². The number of hydrogen-bond donors (Lipinski definition) is 2. The zero-order valence-electron chi connectivity index (χ0n) is 18.7. The molecule has 2 aromatic carbocycles. The van der Waals surface area contributed by atoms with Gasteiger partial charge in [-0.2, -0.15) is 0 Å². The minimum Gasteiger partial charge on any atom is -0.360 e. The molecule has 3 aromatic rings. The number of rotatable bonds is 6. The number of amides is 1. The smallest absolute Gasteiger partial charge is 0.264 e. The van der Waals surface area contributed by atoms with Crippen molar-refractivity contribution in [2.75, 3.05) is 10.8 Å². The van der Waals surface area contributed by atoms with Gasteiger partial charge in [0.2, 0.25) is 5.43 Å². The Morgan fingerprint density at radius 3 is 2.42 bits per heavy atom. The molecule has 0 saturated heterocycles. The fourth-order valence-electron chi connectivity index (χ4n) is 4.43. The highest BCUT2D eigenvalue weighted by Gasteiger charge is 2.25. The maximum absolute atomic E-state index is 13.4. The summed E-state index contributed by atoms with van der Waals surface area (Å²) in [6.45, 7) is 2.00. The summed E-state index contributed by atoms with van der Waals surface area (Å²) in [5, 5.41) is 3.16. The summed E-state index contributed by atoms with van der Waals surface area (Å²) < 4.78 is 28.0. The summed E-state index contributed by atoms with van der Waals surface area (Å²) in [6, 6.07) is 13.3. The van der Waals surface area contributed by atoms with Gasteiger partial charge in [-0.3, -0.25) is 13.9 Å². The summed E-state index contributed by atoms with van der Waals surface area (Å²) in [5.41, 5.74) is 0.546. The molecule has 1 saturated carbocycles. The summed E-state index contributed by atoms with van der Waals surface area (Å²) in [7, 11) is -3.89. The Balaban J connectivity index is 1.69. The van der Waals surface area contributed by atoms with Gasteiger partial charge in [-0.05, 0) is 50.1 Å². The standard InChI is InChI=1S/C25H29N3O4S/c1-2-28(19-12-8-5-9-13-19)33(31,32)20-14-15-23-21(16-20)24(29)22(17-26-23)25(30)27-18-10-6-3-4-7-11-18/h5,8-9,12-18H,2-4,6-7,10-11H2,1H3,(H,26,29)(H,27,30). The van der Waals surface area contributed by atoms with Gasteiger partial charge in [0.1, 0.15) is 5.56 Å². The second-order valence-electron chi connectivity index (χ2n) is 8.41. The number of carbonyl (C=O) groups is 1. The van der Waals surface area contributed by atoms with Gasteiger partial charge in [-0.1, -0.05) is 43.9 Å². The Morgan fingerprint density at radius 1 is 1.06 bits per heavy atom. The van der Waals surface area contributed by atoms with Crippen molar-refractivity contribution in [2.24, 2.45) is 0 Å². The van der Waals surface area contributed by atoms with Crippen LogP contribution in [-0.2, 0) is 10.0 Å². The van der Waals surface area contributed by atoms with E-state index < -0.39 is 21.4 Å². The first-order valence-electron chi connectivity index (χ1n) is 11.5. The molecular formula is C25H29N3O4S. The average Bonchev–Trinajstić information content (AvgIpc) is 3.09. The Hall–Kier alpha value is -3.13. The first kappa shape index (κ1) is 23.0. The van der Waals surface area contributed by atoms with Crippen molar-refractivity contribution >= 4 is 32.5 Å². The van der Waals surface area contributed by atoms with Crippen LogP contribution in [-0.4, -0.2) is 31.9 Å². The highest BCUT2D eigenvalue weighted by Crippen LogP contribution is 2.25. The van der Waals surface area contributed by atoms with E-state index in [4.69, 9.17) is 0 Å². The summed E-state index contributed by atoms with van der Waals surface area (Å²) >= 11 is 0. The summed E-state index contributed by atoms with van der Waals surface area (Å²) in [5.74, 6) is -0.419. The van der Waals surface area contributed by atoms with Gasteiger partial charge < -0.3 is 10.3 Å². The van der Waals surface area contributed by atoms with E-state index in [2.05, 4.69) is 10.3 Å². The van der Waals surface area contributed by atoms with E-state index in [9.17, 15) is 18.0 Å². The largest absolute Gasteiger partial charge is 0.360 e. The Morgan fingerprint density at radius 2 is 1.76 bits per heavy atom. The van der Waals surface area contributed by atoms with Crippen molar-refractivity contribution in [1.29, 1.82) is 0 Å². The third kappa shape index (κ3) is 4.80. The fourth-order valence-corrected chi connectivity index (χ4v) is 5.93. The van der Waals surface area contributed by atoms with Crippen LogP contribution in [0.3, 0.4) is 0 Å². The monoisotopic (exact) mass is 467 g/mol. The fraction of sp³-hybridized carbons (Fsp3) is 0.360. The van der Waals surface area contributed by atoms with E-state index in [1.807, 2.05) is 6.07 Å². The lowest BCUT2D eigenvalue weighted by Crippen LogP contribution is -2.37. The molecule has 1 aromatic heterocycles. The molecule has 174 valence electrons. The van der Waals surface area contributed by atoms with Crippen LogP contribution in [0.2, 0.25) is 0 Å². The van der Waals surface area contributed by atoms with Gasteiger partial charge in [0.25, 0.3) is 15.9 Å². The number of nitrogens with one attached hydrogen (secondary N) is 2. The highest BCUT2D eigenvalue weighted by molar-refractivity contribution is 7.92. The van der Waals surface area contributed by atoms with Crippen LogP contribution < -0.4 is 15.1 Å². The molecule has 4 rings (SSSR count). The zero-order valence-corrected chi connectivity index (χ0v) is 19.5. The SMILES string of the molecule is CCN(c1ccccc1)S(=O)(=O)c1ccc2[nH]cc(C(=O)NC3CCCCCC3)c(=O)c2c1. The molecule has 0 atom stereocenters. The minimum atomic E-state index is -3.89. The molecule has 1 heterocycles.